The first-order chi connectivity index (χ1) is 9.74. The molecule has 1 aromatic rings. The summed E-state index contributed by atoms with van der Waals surface area (Å²) in [6, 6.07) is 10.5. The fraction of sp³-hybridized carbons (Fsp3) is 0.667. The quantitative estimate of drug-likeness (QED) is 0.852. The van der Waals surface area contributed by atoms with Crippen LogP contribution >= 0.6 is 0 Å². The van der Waals surface area contributed by atoms with Crippen LogP contribution in [-0.4, -0.2) is 30.1 Å². The van der Waals surface area contributed by atoms with E-state index in [-0.39, 0.29) is 0 Å². The molecule has 2 nitrogen and oxygen atoms in total. The molecule has 0 saturated carbocycles. The van der Waals surface area contributed by atoms with Crippen molar-refractivity contribution in [3.8, 4) is 0 Å². The van der Waals surface area contributed by atoms with Crippen LogP contribution in [0.2, 0.25) is 0 Å². The molecule has 2 heteroatoms. The third kappa shape index (κ3) is 4.07. The normalized spacial score (nSPS) is 21.9. The molecule has 0 aromatic heterocycles. The Bertz CT molecular complexity index is 385. The van der Waals surface area contributed by atoms with E-state index in [0.717, 1.165) is 19.5 Å². The van der Waals surface area contributed by atoms with Crippen LogP contribution in [0.3, 0.4) is 0 Å². The Kier molecular flexibility index (Phi) is 6.06. The van der Waals surface area contributed by atoms with Crippen LogP contribution < -0.4 is 5.32 Å². The molecule has 0 aliphatic carbocycles. The van der Waals surface area contributed by atoms with Crippen molar-refractivity contribution in [2.24, 2.45) is 0 Å². The Balaban J connectivity index is 2.00. The van der Waals surface area contributed by atoms with E-state index in [1.54, 1.807) is 0 Å². The number of piperidine rings is 1. The predicted octanol–water partition coefficient (Wildman–Crippen LogP) is 3.60. The highest BCUT2D eigenvalue weighted by Gasteiger charge is 2.26. The topological polar surface area (TPSA) is 15.3 Å². The van der Waals surface area contributed by atoms with Crippen LogP contribution in [0, 0.1) is 0 Å². The summed E-state index contributed by atoms with van der Waals surface area (Å²) in [7, 11) is 0. The van der Waals surface area contributed by atoms with Gasteiger partial charge < -0.3 is 5.32 Å². The summed E-state index contributed by atoms with van der Waals surface area (Å²) < 4.78 is 0. The number of aryl methyl sites for hydroxylation is 1. The zero-order valence-electron chi connectivity index (χ0n) is 13.4. The monoisotopic (exact) mass is 274 g/mol. The van der Waals surface area contributed by atoms with Crippen molar-refractivity contribution in [3.05, 3.63) is 35.4 Å². The molecule has 1 aliphatic rings. The highest BCUT2D eigenvalue weighted by molar-refractivity contribution is 5.22. The van der Waals surface area contributed by atoms with Gasteiger partial charge in [-0.2, -0.15) is 0 Å². The van der Waals surface area contributed by atoms with Crippen LogP contribution in [-0.2, 0) is 13.0 Å². The number of rotatable bonds is 6. The van der Waals surface area contributed by atoms with E-state index in [9.17, 15) is 0 Å². The molecular weight excluding hydrogens is 244 g/mol. The van der Waals surface area contributed by atoms with Crippen molar-refractivity contribution in [2.45, 2.75) is 65.1 Å². The summed E-state index contributed by atoms with van der Waals surface area (Å²) in [6.45, 7) is 10.2. The predicted molar refractivity (Wildman–Crippen MR) is 87.0 cm³/mol. The third-order valence-electron chi connectivity index (χ3n) is 4.58. The van der Waals surface area contributed by atoms with Gasteiger partial charge in [0.1, 0.15) is 0 Å². The van der Waals surface area contributed by atoms with E-state index < -0.39 is 0 Å². The van der Waals surface area contributed by atoms with Crippen molar-refractivity contribution >= 4 is 0 Å². The number of nitrogens with one attached hydrogen (secondary N) is 1. The fourth-order valence-corrected chi connectivity index (χ4v) is 3.35. The number of likely N-dealkylation sites (tertiary alicyclic amines) is 1. The molecule has 0 radical (unpaired) electrons. The number of benzene rings is 1. The summed E-state index contributed by atoms with van der Waals surface area (Å²) >= 11 is 0. The first kappa shape index (κ1) is 15.5. The maximum atomic E-state index is 3.61. The highest BCUT2D eigenvalue weighted by Crippen LogP contribution is 2.22. The van der Waals surface area contributed by atoms with Crippen LogP contribution in [0.4, 0.5) is 0 Å². The number of likely N-dealkylation sites (N-methyl/N-ethyl adjacent to an activating group) is 1. The van der Waals surface area contributed by atoms with Crippen LogP contribution in [0.1, 0.15) is 51.2 Å². The minimum atomic E-state index is 0.593. The van der Waals surface area contributed by atoms with Gasteiger partial charge in [0.15, 0.2) is 0 Å². The average molecular weight is 274 g/mol. The fourth-order valence-electron chi connectivity index (χ4n) is 3.35. The minimum Gasteiger partial charge on any atom is -0.313 e. The Morgan fingerprint density at radius 1 is 1.15 bits per heavy atom. The van der Waals surface area contributed by atoms with Crippen LogP contribution in [0.5, 0.6) is 0 Å². The van der Waals surface area contributed by atoms with Gasteiger partial charge in [-0.15, -0.1) is 0 Å². The Hall–Kier alpha value is -0.860. The summed E-state index contributed by atoms with van der Waals surface area (Å²) in [6.07, 6.45) is 5.19. The molecule has 1 aliphatic heterocycles. The van der Waals surface area contributed by atoms with E-state index in [1.807, 2.05) is 0 Å². The Morgan fingerprint density at radius 3 is 2.50 bits per heavy atom. The summed E-state index contributed by atoms with van der Waals surface area (Å²) in [4.78, 5) is 2.68. The van der Waals surface area contributed by atoms with Gasteiger partial charge in [-0.05, 0) is 50.4 Å². The lowest BCUT2D eigenvalue weighted by atomic mass is 9.95. The van der Waals surface area contributed by atoms with Gasteiger partial charge in [0.05, 0.1) is 0 Å². The summed E-state index contributed by atoms with van der Waals surface area (Å²) in [5, 5.41) is 3.61. The standard InChI is InChI=1S/C18H30N2/c1-4-16-9-11-17(12-10-16)14-20-13-7-6-8-18(20)15(3)19-5-2/h9-12,15,18-19H,4-8,13-14H2,1-3H3. The van der Waals surface area contributed by atoms with Gasteiger partial charge >= 0.3 is 0 Å². The van der Waals surface area contributed by atoms with Crippen molar-refractivity contribution in [2.75, 3.05) is 13.1 Å². The van der Waals surface area contributed by atoms with Gasteiger partial charge in [0, 0.05) is 18.6 Å². The molecule has 2 rings (SSSR count). The second-order valence-corrected chi connectivity index (χ2v) is 6.05. The minimum absolute atomic E-state index is 0.593. The molecule has 1 heterocycles. The smallest absolute Gasteiger partial charge is 0.0250 e. The van der Waals surface area contributed by atoms with Gasteiger partial charge in [0.2, 0.25) is 0 Å². The third-order valence-corrected chi connectivity index (χ3v) is 4.58. The van der Waals surface area contributed by atoms with E-state index in [1.165, 1.54) is 36.9 Å². The maximum absolute atomic E-state index is 3.61. The molecule has 1 aromatic carbocycles. The van der Waals surface area contributed by atoms with Crippen LogP contribution in [0.25, 0.3) is 0 Å². The molecule has 0 bridgehead atoms. The molecule has 1 fully saturated rings. The van der Waals surface area contributed by atoms with Crippen LogP contribution in [0.15, 0.2) is 24.3 Å². The van der Waals surface area contributed by atoms with Crippen molar-refractivity contribution in [1.82, 2.24) is 10.2 Å². The van der Waals surface area contributed by atoms with Crippen molar-refractivity contribution in [3.63, 3.8) is 0 Å². The van der Waals surface area contributed by atoms with Gasteiger partial charge in [-0.1, -0.05) is 44.5 Å². The number of nitrogens with zero attached hydrogens (tertiary/aromatic N) is 1. The number of hydrogen-bond donors (Lipinski definition) is 1. The molecule has 0 amide bonds. The summed E-state index contributed by atoms with van der Waals surface area (Å²) in [5.74, 6) is 0. The Morgan fingerprint density at radius 2 is 1.85 bits per heavy atom. The average Bonchev–Trinajstić information content (AvgIpc) is 2.49. The maximum Gasteiger partial charge on any atom is 0.0250 e. The SMILES string of the molecule is CCNC(C)C1CCCCN1Cc1ccc(CC)cc1. The largest absolute Gasteiger partial charge is 0.313 e. The molecular formula is C18H30N2. The van der Waals surface area contributed by atoms with E-state index in [4.69, 9.17) is 0 Å². The second-order valence-electron chi connectivity index (χ2n) is 6.05. The first-order valence-electron chi connectivity index (χ1n) is 8.29. The molecule has 1 saturated heterocycles. The summed E-state index contributed by atoms with van der Waals surface area (Å²) in [5.41, 5.74) is 2.89. The number of hydrogen-bond acceptors (Lipinski definition) is 2. The van der Waals surface area contributed by atoms with E-state index in [2.05, 4.69) is 55.3 Å². The first-order valence-corrected chi connectivity index (χ1v) is 8.29. The van der Waals surface area contributed by atoms with Crippen molar-refractivity contribution < 1.29 is 0 Å². The van der Waals surface area contributed by atoms with Crippen molar-refractivity contribution in [1.29, 1.82) is 0 Å². The molecule has 2 atom stereocenters. The molecule has 2 unspecified atom stereocenters. The Labute approximate surface area is 124 Å². The highest BCUT2D eigenvalue weighted by atomic mass is 15.2. The van der Waals surface area contributed by atoms with Gasteiger partial charge in [-0.25, -0.2) is 0 Å². The van der Waals surface area contributed by atoms with Gasteiger partial charge in [0.25, 0.3) is 0 Å². The van der Waals surface area contributed by atoms with E-state index >= 15 is 0 Å². The zero-order valence-corrected chi connectivity index (χ0v) is 13.4. The molecule has 0 spiro atoms. The second kappa shape index (κ2) is 7.80. The lowest BCUT2D eigenvalue weighted by Gasteiger charge is -2.39. The molecule has 112 valence electrons. The zero-order chi connectivity index (χ0) is 14.4. The van der Waals surface area contributed by atoms with Gasteiger partial charge in [-0.3, -0.25) is 4.90 Å². The lowest BCUT2D eigenvalue weighted by molar-refractivity contribution is 0.112. The lowest BCUT2D eigenvalue weighted by Crippen LogP contribution is -2.50. The molecule has 1 N–H and O–H groups in total. The van der Waals surface area contributed by atoms with E-state index in [0.29, 0.717) is 12.1 Å². The molecule has 20 heavy (non-hydrogen) atoms.